The van der Waals surface area contributed by atoms with Crippen LogP contribution < -0.4 is 5.32 Å². The van der Waals surface area contributed by atoms with E-state index in [0.717, 1.165) is 13.1 Å². The van der Waals surface area contributed by atoms with Crippen LogP contribution in [0.25, 0.3) is 0 Å². The molecule has 1 rings (SSSR count). The Morgan fingerprint density at radius 3 is 2.18 bits per heavy atom. The highest BCUT2D eigenvalue weighted by Crippen LogP contribution is 2.10. The predicted octanol–water partition coefficient (Wildman–Crippen LogP) is 3.36. The molecule has 1 N–H and O–H groups in total. The maximum absolute atomic E-state index is 5.79. The average molecular weight is 235 g/mol. The van der Waals surface area contributed by atoms with Gasteiger partial charge >= 0.3 is 0 Å². The van der Waals surface area contributed by atoms with E-state index in [1.54, 1.807) is 0 Å². The summed E-state index contributed by atoms with van der Waals surface area (Å²) < 4.78 is 5.79. The minimum absolute atomic E-state index is 0.316. The van der Waals surface area contributed by atoms with Crippen molar-refractivity contribution in [2.45, 2.75) is 47.0 Å². The summed E-state index contributed by atoms with van der Waals surface area (Å²) in [5.41, 5.74) is 2.57. The van der Waals surface area contributed by atoms with Crippen molar-refractivity contribution in [3.8, 4) is 0 Å². The van der Waals surface area contributed by atoms with Crippen molar-refractivity contribution in [2.24, 2.45) is 5.92 Å². The number of hydrogen-bond acceptors (Lipinski definition) is 2. The van der Waals surface area contributed by atoms with E-state index in [0.29, 0.717) is 18.6 Å². The molecule has 1 aromatic rings. The van der Waals surface area contributed by atoms with Crippen LogP contribution in [0.3, 0.4) is 0 Å². The first kappa shape index (κ1) is 14.2. The molecule has 0 spiro atoms. The molecule has 0 aliphatic carbocycles. The van der Waals surface area contributed by atoms with E-state index in [9.17, 15) is 0 Å². The number of ether oxygens (including phenoxy) is 1. The van der Waals surface area contributed by atoms with E-state index in [-0.39, 0.29) is 0 Å². The van der Waals surface area contributed by atoms with Crippen molar-refractivity contribution in [1.82, 2.24) is 5.32 Å². The number of benzene rings is 1. The van der Waals surface area contributed by atoms with E-state index < -0.39 is 0 Å². The first-order valence-corrected chi connectivity index (χ1v) is 6.53. The first-order chi connectivity index (χ1) is 8.13. The molecule has 0 heterocycles. The predicted molar refractivity (Wildman–Crippen MR) is 72.9 cm³/mol. The highest BCUT2D eigenvalue weighted by atomic mass is 16.5. The van der Waals surface area contributed by atoms with E-state index >= 15 is 0 Å². The third-order valence-electron chi connectivity index (χ3n) is 3.05. The van der Waals surface area contributed by atoms with Gasteiger partial charge < -0.3 is 10.1 Å². The van der Waals surface area contributed by atoms with E-state index in [1.165, 1.54) is 11.1 Å². The van der Waals surface area contributed by atoms with Crippen LogP contribution in [0.1, 0.15) is 38.8 Å². The van der Waals surface area contributed by atoms with Gasteiger partial charge in [-0.15, -0.1) is 0 Å². The molecule has 0 aliphatic heterocycles. The van der Waals surface area contributed by atoms with Crippen molar-refractivity contribution in [3.63, 3.8) is 0 Å². The lowest BCUT2D eigenvalue weighted by atomic mass is 10.1. The molecule has 17 heavy (non-hydrogen) atoms. The van der Waals surface area contributed by atoms with Crippen LogP contribution in [0.4, 0.5) is 0 Å². The number of hydrogen-bond donors (Lipinski definition) is 1. The van der Waals surface area contributed by atoms with Gasteiger partial charge in [0.25, 0.3) is 0 Å². The van der Waals surface area contributed by atoms with Gasteiger partial charge in [0.1, 0.15) is 0 Å². The third kappa shape index (κ3) is 5.33. The Morgan fingerprint density at radius 1 is 1.06 bits per heavy atom. The fourth-order valence-electron chi connectivity index (χ4n) is 1.44. The van der Waals surface area contributed by atoms with Gasteiger partial charge in [-0.05, 0) is 30.5 Å². The third-order valence-corrected chi connectivity index (χ3v) is 3.05. The summed E-state index contributed by atoms with van der Waals surface area (Å²) in [6.07, 6.45) is 0.316. The largest absolute Gasteiger partial charge is 0.374 e. The Hall–Kier alpha value is -0.860. The van der Waals surface area contributed by atoms with Crippen molar-refractivity contribution in [3.05, 3.63) is 35.4 Å². The Bertz CT molecular complexity index is 305. The molecular weight excluding hydrogens is 210 g/mol. The monoisotopic (exact) mass is 235 g/mol. The van der Waals surface area contributed by atoms with Crippen LogP contribution in [0.15, 0.2) is 24.3 Å². The molecular formula is C15H25NO. The highest BCUT2D eigenvalue weighted by Gasteiger charge is 2.06. The van der Waals surface area contributed by atoms with Gasteiger partial charge in [-0.1, -0.05) is 45.0 Å². The molecule has 0 aliphatic rings. The van der Waals surface area contributed by atoms with Crippen LogP contribution in [-0.2, 0) is 17.9 Å². The van der Waals surface area contributed by atoms with Crippen molar-refractivity contribution in [2.75, 3.05) is 6.54 Å². The molecule has 0 aromatic heterocycles. The van der Waals surface area contributed by atoms with Gasteiger partial charge in [-0.3, -0.25) is 0 Å². The lowest BCUT2D eigenvalue weighted by Crippen LogP contribution is -2.15. The standard InChI is InChI=1S/C15H25NO/c1-5-16-10-14-6-8-15(9-7-14)11-17-13(4)12(2)3/h6-9,12-13,16H,5,10-11H2,1-4H3. The van der Waals surface area contributed by atoms with Crippen molar-refractivity contribution >= 4 is 0 Å². The van der Waals surface area contributed by atoms with Gasteiger partial charge in [0.15, 0.2) is 0 Å². The number of nitrogens with one attached hydrogen (secondary N) is 1. The summed E-state index contributed by atoms with van der Waals surface area (Å²) in [5, 5.41) is 3.32. The Morgan fingerprint density at radius 2 is 1.65 bits per heavy atom. The second kappa shape index (κ2) is 7.46. The molecule has 2 heteroatoms. The molecule has 0 bridgehead atoms. The summed E-state index contributed by atoms with van der Waals surface area (Å²) in [5.74, 6) is 0.572. The van der Waals surface area contributed by atoms with Crippen LogP contribution >= 0.6 is 0 Å². The van der Waals surface area contributed by atoms with Gasteiger partial charge in [0.05, 0.1) is 12.7 Å². The smallest absolute Gasteiger partial charge is 0.0720 e. The molecule has 0 radical (unpaired) electrons. The summed E-state index contributed by atoms with van der Waals surface area (Å²) in [7, 11) is 0. The van der Waals surface area contributed by atoms with Crippen LogP contribution in [0, 0.1) is 5.92 Å². The zero-order valence-corrected chi connectivity index (χ0v) is 11.5. The van der Waals surface area contributed by atoms with Gasteiger partial charge in [-0.25, -0.2) is 0 Å². The minimum atomic E-state index is 0.316. The van der Waals surface area contributed by atoms with Crippen LogP contribution in [0.5, 0.6) is 0 Å². The zero-order chi connectivity index (χ0) is 12.7. The maximum atomic E-state index is 5.79. The molecule has 96 valence electrons. The summed E-state index contributed by atoms with van der Waals surface area (Å²) >= 11 is 0. The normalized spacial score (nSPS) is 13.0. The van der Waals surface area contributed by atoms with Crippen LogP contribution in [-0.4, -0.2) is 12.6 Å². The lowest BCUT2D eigenvalue weighted by molar-refractivity contribution is 0.0235. The van der Waals surface area contributed by atoms with E-state index in [2.05, 4.69) is 57.3 Å². The molecule has 1 atom stereocenters. The zero-order valence-electron chi connectivity index (χ0n) is 11.5. The molecule has 1 aromatic carbocycles. The van der Waals surface area contributed by atoms with Crippen molar-refractivity contribution in [1.29, 1.82) is 0 Å². The second-order valence-electron chi connectivity index (χ2n) is 4.86. The average Bonchev–Trinajstić information content (AvgIpc) is 2.34. The fourth-order valence-corrected chi connectivity index (χ4v) is 1.44. The fraction of sp³-hybridized carbons (Fsp3) is 0.600. The molecule has 0 saturated heterocycles. The molecule has 0 amide bonds. The Labute approximate surface area is 105 Å². The quantitative estimate of drug-likeness (QED) is 0.782. The van der Waals surface area contributed by atoms with Crippen LogP contribution in [0.2, 0.25) is 0 Å². The SMILES string of the molecule is CCNCc1ccc(COC(C)C(C)C)cc1. The summed E-state index contributed by atoms with van der Waals surface area (Å²) in [6, 6.07) is 8.64. The van der Waals surface area contributed by atoms with Gasteiger partial charge in [0.2, 0.25) is 0 Å². The lowest BCUT2D eigenvalue weighted by Gasteiger charge is -2.16. The van der Waals surface area contributed by atoms with Gasteiger partial charge in [0, 0.05) is 6.54 Å². The summed E-state index contributed by atoms with van der Waals surface area (Å²) in [6.45, 7) is 11.3. The molecule has 0 saturated carbocycles. The first-order valence-electron chi connectivity index (χ1n) is 6.53. The van der Waals surface area contributed by atoms with Crippen molar-refractivity contribution < 1.29 is 4.74 Å². The maximum Gasteiger partial charge on any atom is 0.0720 e. The minimum Gasteiger partial charge on any atom is -0.374 e. The van der Waals surface area contributed by atoms with E-state index in [4.69, 9.17) is 4.74 Å². The summed E-state index contributed by atoms with van der Waals surface area (Å²) in [4.78, 5) is 0. The molecule has 1 unspecified atom stereocenters. The number of rotatable bonds is 7. The van der Waals surface area contributed by atoms with E-state index in [1.807, 2.05) is 0 Å². The molecule has 2 nitrogen and oxygen atoms in total. The highest BCUT2D eigenvalue weighted by molar-refractivity contribution is 5.21. The Kier molecular flexibility index (Phi) is 6.23. The molecule has 0 fully saturated rings. The van der Waals surface area contributed by atoms with Gasteiger partial charge in [-0.2, -0.15) is 0 Å². The second-order valence-corrected chi connectivity index (χ2v) is 4.86. The topological polar surface area (TPSA) is 21.3 Å². The Balaban J connectivity index is 2.40.